The summed E-state index contributed by atoms with van der Waals surface area (Å²) in [6.07, 6.45) is 0.361. The Bertz CT molecular complexity index is 1460. The molecule has 0 saturated carbocycles. The van der Waals surface area contributed by atoms with Crippen LogP contribution in [0.2, 0.25) is 0 Å². The number of imide groups is 1. The molecule has 9 N–H and O–H groups in total. The molecule has 0 saturated heterocycles. The average molecular weight is 618 g/mol. The molecule has 15 nitrogen and oxygen atoms in total. The molecule has 0 fully saturated rings. The van der Waals surface area contributed by atoms with Crippen molar-refractivity contribution in [2.45, 2.75) is 37.9 Å². The fourth-order valence-corrected chi connectivity index (χ4v) is 4.64. The van der Waals surface area contributed by atoms with Crippen LogP contribution < -0.4 is 33.3 Å². The highest BCUT2D eigenvalue weighted by molar-refractivity contribution is 5.93. The van der Waals surface area contributed by atoms with Gasteiger partial charge in [0.1, 0.15) is 6.04 Å². The number of carbonyl (C=O) groups is 4. The topological polar surface area (TPSA) is 241 Å². The fourth-order valence-electron chi connectivity index (χ4n) is 4.64. The van der Waals surface area contributed by atoms with Gasteiger partial charge in [0, 0.05) is 19.6 Å². The van der Waals surface area contributed by atoms with Crippen LogP contribution in [0.15, 0.2) is 89.9 Å². The van der Waals surface area contributed by atoms with Crippen LogP contribution in [0.3, 0.4) is 0 Å². The van der Waals surface area contributed by atoms with E-state index in [0.29, 0.717) is 11.1 Å². The zero-order valence-corrected chi connectivity index (χ0v) is 24.3. The number of nitrogens with one attached hydrogen (secondary N) is 3. The Morgan fingerprint density at radius 1 is 0.844 bits per heavy atom. The van der Waals surface area contributed by atoms with Gasteiger partial charge in [-0.25, -0.2) is 24.7 Å². The summed E-state index contributed by atoms with van der Waals surface area (Å²) in [6, 6.07) is 22.5. The second-order valence-electron chi connectivity index (χ2n) is 9.91. The molecular formula is C30H35N9O6. The number of nitrogens with two attached hydrogens (primary N) is 3. The van der Waals surface area contributed by atoms with Crippen molar-refractivity contribution in [3.63, 3.8) is 0 Å². The molecule has 0 aliphatic carbocycles. The van der Waals surface area contributed by atoms with Crippen molar-refractivity contribution in [1.29, 1.82) is 0 Å². The molecule has 0 bridgehead atoms. The van der Waals surface area contributed by atoms with E-state index in [1.54, 1.807) is 29.7 Å². The van der Waals surface area contributed by atoms with Crippen molar-refractivity contribution in [1.82, 2.24) is 21.0 Å². The summed E-state index contributed by atoms with van der Waals surface area (Å²) in [7, 11) is 0. The number of hydrogen-bond donors (Lipinski definition) is 6. The number of benzene rings is 3. The maximum atomic E-state index is 14.5. The number of carbonyl (C=O) groups excluding carboxylic acids is 4. The normalized spacial score (nSPS) is 11.7. The summed E-state index contributed by atoms with van der Waals surface area (Å²) >= 11 is 0. The van der Waals surface area contributed by atoms with E-state index >= 15 is 0 Å². The molecule has 3 aromatic carbocycles. The van der Waals surface area contributed by atoms with Gasteiger partial charge in [0.15, 0.2) is 5.03 Å². The van der Waals surface area contributed by atoms with Crippen LogP contribution in [0.5, 0.6) is 0 Å². The Hall–Kier alpha value is -5.99. The number of amides is 6. The van der Waals surface area contributed by atoms with Crippen molar-refractivity contribution in [2.75, 3.05) is 6.54 Å². The molecule has 1 atom stereocenters. The molecule has 45 heavy (non-hydrogen) atoms. The van der Waals surface area contributed by atoms with Crippen LogP contribution in [-0.2, 0) is 22.7 Å². The first-order chi connectivity index (χ1) is 21.5. The fraction of sp³-hybridized carbons (Fsp3) is 0.233. The Balaban J connectivity index is 1.92. The van der Waals surface area contributed by atoms with Gasteiger partial charge in [0.2, 0.25) is 11.8 Å². The van der Waals surface area contributed by atoms with Crippen molar-refractivity contribution >= 4 is 29.8 Å². The van der Waals surface area contributed by atoms with Crippen LogP contribution in [0.25, 0.3) is 0 Å². The number of nitrogens with zero attached hydrogens (tertiary/aromatic N) is 3. The predicted octanol–water partition coefficient (Wildman–Crippen LogP) is 1.46. The zero-order valence-electron chi connectivity index (χ0n) is 24.3. The third-order valence-electron chi connectivity index (χ3n) is 6.69. The van der Waals surface area contributed by atoms with Crippen molar-refractivity contribution in [3.05, 3.63) is 117 Å². The standard InChI is InChI=1S/C30H35N9O6/c31-26(40)24(12-7-17-34-28(32)37-39(44)45)38(19-21-15-13-20(14-16-21)18-35-30(43)36-29(33)42)27(41)25(22-8-3-1-4-9-22)23-10-5-2-6-11-23/h1-6,8-11,13-16,24-25H,7,12,17-19H2,(H2,31,40)(H3,32,34,37)(H4,33,35,36,42,43)/t24-/m1/s1. The number of nitro groups is 1. The van der Waals surface area contributed by atoms with E-state index in [4.69, 9.17) is 17.2 Å². The van der Waals surface area contributed by atoms with Crippen LogP contribution in [0.1, 0.15) is 41.0 Å². The van der Waals surface area contributed by atoms with Gasteiger partial charge >= 0.3 is 12.1 Å². The SMILES string of the molecule is NC(=O)NC(=O)NCc1ccc(CN(C(=O)C(c2ccccc2)c2ccccc2)[C@H](CCCN=C(N)N[N+](=O)[O-])C(N)=O)cc1. The van der Waals surface area contributed by atoms with Gasteiger partial charge < -0.3 is 27.4 Å². The van der Waals surface area contributed by atoms with Gasteiger partial charge in [0.05, 0.1) is 5.92 Å². The van der Waals surface area contributed by atoms with Gasteiger partial charge in [-0.05, 0) is 35.1 Å². The van der Waals surface area contributed by atoms with Crippen LogP contribution in [0.4, 0.5) is 9.59 Å². The van der Waals surface area contributed by atoms with Crippen LogP contribution >= 0.6 is 0 Å². The largest absolute Gasteiger partial charge is 0.368 e. The zero-order chi connectivity index (χ0) is 32.8. The first kappa shape index (κ1) is 33.5. The highest BCUT2D eigenvalue weighted by atomic mass is 16.7. The third-order valence-corrected chi connectivity index (χ3v) is 6.69. The van der Waals surface area contributed by atoms with Crippen molar-refractivity contribution in [3.8, 4) is 0 Å². The average Bonchev–Trinajstić information content (AvgIpc) is 3.00. The quantitative estimate of drug-likeness (QED) is 0.0507. The Morgan fingerprint density at radius 2 is 1.40 bits per heavy atom. The van der Waals surface area contributed by atoms with Gasteiger partial charge in [-0.2, -0.15) is 0 Å². The molecule has 236 valence electrons. The lowest BCUT2D eigenvalue weighted by Crippen LogP contribution is -2.49. The number of aliphatic imine (C=N–C) groups is 1. The first-order valence-corrected chi connectivity index (χ1v) is 13.9. The molecule has 6 amide bonds. The summed E-state index contributed by atoms with van der Waals surface area (Å²) in [5, 5.41) is 14.2. The van der Waals surface area contributed by atoms with Gasteiger partial charge in [0.25, 0.3) is 5.96 Å². The van der Waals surface area contributed by atoms with E-state index < -0.39 is 40.9 Å². The molecule has 0 radical (unpaired) electrons. The second kappa shape index (κ2) is 16.6. The van der Waals surface area contributed by atoms with Gasteiger partial charge in [-0.3, -0.25) is 14.9 Å². The lowest BCUT2D eigenvalue weighted by molar-refractivity contribution is -0.525. The van der Waals surface area contributed by atoms with E-state index in [1.807, 2.05) is 66.0 Å². The highest BCUT2D eigenvalue weighted by Gasteiger charge is 2.34. The van der Waals surface area contributed by atoms with E-state index in [-0.39, 0.29) is 38.4 Å². The molecule has 15 heteroatoms. The van der Waals surface area contributed by atoms with Crippen LogP contribution in [0, 0.1) is 10.1 Å². The molecular weight excluding hydrogens is 582 g/mol. The van der Waals surface area contributed by atoms with Gasteiger partial charge in [-0.15, -0.1) is 0 Å². The molecule has 0 aliphatic heterocycles. The van der Waals surface area contributed by atoms with E-state index in [1.165, 1.54) is 4.90 Å². The number of hydrazine groups is 1. The second-order valence-corrected chi connectivity index (χ2v) is 9.91. The number of rotatable bonds is 14. The first-order valence-electron chi connectivity index (χ1n) is 13.9. The number of guanidine groups is 1. The molecule has 0 spiro atoms. The lowest BCUT2D eigenvalue weighted by atomic mass is 9.89. The molecule has 0 heterocycles. The Morgan fingerprint density at radius 3 is 1.91 bits per heavy atom. The summed E-state index contributed by atoms with van der Waals surface area (Å²) in [4.78, 5) is 65.8. The maximum absolute atomic E-state index is 14.5. The number of urea groups is 2. The third kappa shape index (κ3) is 10.7. The summed E-state index contributed by atoms with van der Waals surface area (Å²) in [5.74, 6) is -2.23. The predicted molar refractivity (Wildman–Crippen MR) is 166 cm³/mol. The van der Waals surface area contributed by atoms with Crippen molar-refractivity contribution < 1.29 is 24.2 Å². The lowest BCUT2D eigenvalue weighted by Gasteiger charge is -2.33. The van der Waals surface area contributed by atoms with Crippen LogP contribution in [-0.4, -0.2) is 52.4 Å². The van der Waals surface area contributed by atoms with Crippen molar-refractivity contribution in [2.24, 2.45) is 22.2 Å². The Kier molecular flexibility index (Phi) is 12.4. The summed E-state index contributed by atoms with van der Waals surface area (Å²) in [5.41, 5.74) is 20.9. The summed E-state index contributed by atoms with van der Waals surface area (Å²) < 4.78 is 0. The summed E-state index contributed by atoms with van der Waals surface area (Å²) in [6.45, 7) is 0.169. The monoisotopic (exact) mass is 617 g/mol. The number of primary amides is 2. The van der Waals surface area contributed by atoms with E-state index in [9.17, 15) is 29.3 Å². The minimum absolute atomic E-state index is 0.0206. The molecule has 0 aliphatic rings. The van der Waals surface area contributed by atoms with E-state index in [2.05, 4.69) is 10.3 Å². The van der Waals surface area contributed by atoms with Gasteiger partial charge in [-0.1, -0.05) is 90.4 Å². The highest BCUT2D eigenvalue weighted by Crippen LogP contribution is 2.29. The minimum Gasteiger partial charge on any atom is -0.368 e. The minimum atomic E-state index is -1.05. The Labute approximate surface area is 259 Å². The molecule has 0 unspecified atom stereocenters. The number of hydrogen-bond acceptors (Lipinski definition) is 7. The molecule has 3 aromatic rings. The molecule has 3 rings (SSSR count). The molecule has 0 aromatic heterocycles. The maximum Gasteiger partial charge on any atom is 0.323 e. The smallest absolute Gasteiger partial charge is 0.323 e. The van der Waals surface area contributed by atoms with E-state index in [0.717, 1.165) is 11.1 Å².